The lowest BCUT2D eigenvalue weighted by atomic mass is 9.56. The van der Waals surface area contributed by atoms with Crippen molar-refractivity contribution in [3.8, 4) is 5.75 Å². The zero-order chi connectivity index (χ0) is 13.9. The van der Waals surface area contributed by atoms with E-state index in [0.29, 0.717) is 29.3 Å². The van der Waals surface area contributed by atoms with E-state index in [1.807, 2.05) is 12.1 Å². The summed E-state index contributed by atoms with van der Waals surface area (Å²) in [6, 6.07) is 5.90. The molecule has 0 spiro atoms. The molecule has 2 saturated carbocycles. The van der Waals surface area contributed by atoms with E-state index < -0.39 is 0 Å². The van der Waals surface area contributed by atoms with Crippen LogP contribution in [-0.4, -0.2) is 10.9 Å². The van der Waals surface area contributed by atoms with Gasteiger partial charge in [-0.1, -0.05) is 13.0 Å². The van der Waals surface area contributed by atoms with Crippen molar-refractivity contribution >= 4 is 5.78 Å². The fraction of sp³-hybridized carbons (Fsp3) is 0.611. The van der Waals surface area contributed by atoms with Gasteiger partial charge in [0.25, 0.3) is 0 Å². The highest BCUT2D eigenvalue weighted by atomic mass is 16.3. The summed E-state index contributed by atoms with van der Waals surface area (Å²) in [6.07, 6.45) is 6.27. The number of Topliss-reactive ketones (excluding diaryl/α,β-unsaturated/α-hetero) is 1. The molecular formula is C18H22O2. The zero-order valence-corrected chi connectivity index (χ0v) is 12.1. The Hall–Kier alpha value is -1.31. The van der Waals surface area contributed by atoms with E-state index in [9.17, 15) is 9.90 Å². The van der Waals surface area contributed by atoms with E-state index in [-0.39, 0.29) is 5.41 Å². The van der Waals surface area contributed by atoms with Crippen molar-refractivity contribution in [1.82, 2.24) is 0 Å². The van der Waals surface area contributed by atoms with Gasteiger partial charge in [0.15, 0.2) is 0 Å². The average molecular weight is 270 g/mol. The quantitative estimate of drug-likeness (QED) is 0.778. The Morgan fingerprint density at radius 2 is 2.15 bits per heavy atom. The van der Waals surface area contributed by atoms with Gasteiger partial charge in [-0.2, -0.15) is 0 Å². The lowest BCUT2D eigenvalue weighted by Gasteiger charge is -2.48. The lowest BCUT2D eigenvalue weighted by Crippen LogP contribution is -2.39. The number of hydrogen-bond donors (Lipinski definition) is 1. The summed E-state index contributed by atoms with van der Waals surface area (Å²) in [7, 11) is 0. The van der Waals surface area contributed by atoms with Gasteiger partial charge in [-0.3, -0.25) is 4.79 Å². The molecule has 0 unspecified atom stereocenters. The number of phenols is 1. The smallest absolute Gasteiger partial charge is 0.133 e. The molecule has 20 heavy (non-hydrogen) atoms. The minimum atomic E-state index is 0.271. The number of aromatic hydroxyl groups is 1. The topological polar surface area (TPSA) is 37.3 Å². The number of carbonyl (C=O) groups excluding carboxylic acids is 1. The first-order valence-corrected chi connectivity index (χ1v) is 7.90. The average Bonchev–Trinajstić information content (AvgIpc) is 2.72. The molecule has 3 aliphatic rings. The lowest BCUT2D eigenvalue weighted by molar-refractivity contribution is -0.118. The summed E-state index contributed by atoms with van der Waals surface area (Å²) < 4.78 is 0. The number of benzene rings is 1. The summed E-state index contributed by atoms with van der Waals surface area (Å²) in [4.78, 5) is 11.9. The van der Waals surface area contributed by atoms with Gasteiger partial charge < -0.3 is 5.11 Å². The molecule has 0 amide bonds. The number of rotatable bonds is 0. The Morgan fingerprint density at radius 3 is 3.00 bits per heavy atom. The molecule has 2 heteroatoms. The van der Waals surface area contributed by atoms with Crippen molar-refractivity contribution in [2.75, 3.05) is 0 Å². The fourth-order valence-electron chi connectivity index (χ4n) is 5.35. The van der Waals surface area contributed by atoms with Gasteiger partial charge in [0, 0.05) is 12.8 Å². The third-order valence-electron chi connectivity index (χ3n) is 6.28. The highest BCUT2D eigenvalue weighted by Gasteiger charge is 2.52. The van der Waals surface area contributed by atoms with Crippen LogP contribution in [0.1, 0.15) is 56.1 Å². The molecule has 4 atom stereocenters. The van der Waals surface area contributed by atoms with Gasteiger partial charge in [-0.05, 0) is 72.1 Å². The maximum Gasteiger partial charge on any atom is 0.133 e. The Balaban J connectivity index is 1.72. The summed E-state index contributed by atoms with van der Waals surface area (Å²) in [5.41, 5.74) is 3.05. The van der Waals surface area contributed by atoms with Gasteiger partial charge in [0.05, 0.1) is 0 Å². The molecule has 3 aliphatic carbocycles. The van der Waals surface area contributed by atoms with Crippen LogP contribution < -0.4 is 0 Å². The Labute approximate surface area is 120 Å². The number of ketones is 1. The van der Waals surface area contributed by atoms with E-state index in [1.165, 1.54) is 30.4 Å². The molecule has 0 saturated heterocycles. The van der Waals surface area contributed by atoms with Crippen LogP contribution in [-0.2, 0) is 11.2 Å². The second kappa shape index (κ2) is 4.09. The molecule has 1 N–H and O–H groups in total. The summed E-state index contributed by atoms with van der Waals surface area (Å²) in [5.74, 6) is 2.75. The maximum atomic E-state index is 11.9. The van der Waals surface area contributed by atoms with Gasteiger partial charge in [-0.25, -0.2) is 0 Å². The molecule has 0 heterocycles. The molecule has 0 radical (unpaired) electrons. The molecule has 0 aromatic heterocycles. The number of phenolic OH excluding ortho intramolecular Hbond substituents is 1. The first-order valence-electron chi connectivity index (χ1n) is 7.90. The van der Waals surface area contributed by atoms with Crippen LogP contribution in [0.5, 0.6) is 5.75 Å². The highest BCUT2D eigenvalue weighted by molar-refractivity contribution is 5.82. The van der Waals surface area contributed by atoms with Crippen LogP contribution >= 0.6 is 0 Å². The molecule has 1 aromatic carbocycles. The second-order valence-corrected chi connectivity index (χ2v) is 7.41. The molecule has 0 aliphatic heterocycles. The van der Waals surface area contributed by atoms with Crippen LogP contribution in [0.25, 0.3) is 0 Å². The van der Waals surface area contributed by atoms with Crippen molar-refractivity contribution in [1.29, 1.82) is 0 Å². The van der Waals surface area contributed by atoms with Crippen molar-refractivity contribution in [3.63, 3.8) is 0 Å². The van der Waals surface area contributed by atoms with E-state index in [1.54, 1.807) is 0 Å². The first-order chi connectivity index (χ1) is 9.57. The van der Waals surface area contributed by atoms with Crippen molar-refractivity contribution < 1.29 is 9.90 Å². The van der Waals surface area contributed by atoms with Gasteiger partial charge in [0.2, 0.25) is 0 Å². The normalized spacial score (nSPS) is 39.0. The fourth-order valence-corrected chi connectivity index (χ4v) is 5.35. The molecule has 0 bridgehead atoms. The Morgan fingerprint density at radius 1 is 1.30 bits per heavy atom. The van der Waals surface area contributed by atoms with Gasteiger partial charge in [0.1, 0.15) is 11.5 Å². The minimum Gasteiger partial charge on any atom is -0.508 e. The van der Waals surface area contributed by atoms with Crippen molar-refractivity contribution in [3.05, 3.63) is 29.3 Å². The van der Waals surface area contributed by atoms with E-state index in [4.69, 9.17) is 0 Å². The number of fused-ring (bicyclic) bond motifs is 5. The maximum absolute atomic E-state index is 11.9. The van der Waals surface area contributed by atoms with Crippen molar-refractivity contribution in [2.24, 2.45) is 17.3 Å². The van der Waals surface area contributed by atoms with E-state index in [0.717, 1.165) is 19.3 Å². The summed E-state index contributed by atoms with van der Waals surface area (Å²) in [5, 5.41) is 9.67. The molecule has 1 aromatic rings. The number of hydrogen-bond acceptors (Lipinski definition) is 2. The number of aryl methyl sites for hydroxylation is 1. The number of carbonyl (C=O) groups is 1. The van der Waals surface area contributed by atoms with Crippen LogP contribution in [0, 0.1) is 17.3 Å². The monoisotopic (exact) mass is 270 g/mol. The predicted octanol–water partition coefficient (Wildman–Crippen LogP) is 3.82. The van der Waals surface area contributed by atoms with Crippen LogP contribution in [0.4, 0.5) is 0 Å². The molecular weight excluding hydrogens is 248 g/mol. The Bertz CT molecular complexity index is 577. The highest BCUT2D eigenvalue weighted by Crippen LogP contribution is 2.60. The molecule has 106 valence electrons. The van der Waals surface area contributed by atoms with Crippen LogP contribution in [0.15, 0.2) is 18.2 Å². The third-order valence-corrected chi connectivity index (χ3v) is 6.28. The van der Waals surface area contributed by atoms with Gasteiger partial charge >= 0.3 is 0 Å². The van der Waals surface area contributed by atoms with Crippen LogP contribution in [0.3, 0.4) is 0 Å². The predicted molar refractivity (Wildman–Crippen MR) is 77.7 cm³/mol. The van der Waals surface area contributed by atoms with E-state index in [2.05, 4.69) is 13.0 Å². The first kappa shape index (κ1) is 12.4. The Kier molecular flexibility index (Phi) is 2.55. The van der Waals surface area contributed by atoms with E-state index >= 15 is 0 Å². The second-order valence-electron chi connectivity index (χ2n) is 7.41. The third kappa shape index (κ3) is 1.66. The summed E-state index contributed by atoms with van der Waals surface area (Å²) in [6.45, 7) is 2.34. The molecule has 4 rings (SSSR count). The molecule has 2 fully saturated rings. The SMILES string of the molecule is C[C@]12CC[C@H]3c4ccc(O)cc4CC[C@@H]3[C@@H]1CC(=O)C2. The minimum absolute atomic E-state index is 0.271. The van der Waals surface area contributed by atoms with Crippen LogP contribution in [0.2, 0.25) is 0 Å². The zero-order valence-electron chi connectivity index (χ0n) is 12.1. The molecule has 2 nitrogen and oxygen atoms in total. The van der Waals surface area contributed by atoms with Crippen molar-refractivity contribution in [2.45, 2.75) is 51.4 Å². The van der Waals surface area contributed by atoms with Gasteiger partial charge in [-0.15, -0.1) is 0 Å². The standard InChI is InChI=1S/C18H22O2/c1-18-7-6-15-14-5-3-12(19)8-11(14)2-4-16(15)17(18)9-13(20)10-18/h3,5,8,15-17,19H,2,4,6-7,9-10H2,1H3/t15-,16-,17-,18+/m0/s1. The summed E-state index contributed by atoms with van der Waals surface area (Å²) >= 11 is 0. The largest absolute Gasteiger partial charge is 0.508 e.